The highest BCUT2D eigenvalue weighted by molar-refractivity contribution is 5.99. The van der Waals surface area contributed by atoms with Crippen molar-refractivity contribution in [3.8, 4) is 0 Å². The topological polar surface area (TPSA) is 135 Å². The molecule has 1 aliphatic carbocycles. The summed E-state index contributed by atoms with van der Waals surface area (Å²) in [5.41, 5.74) is 1.87. The maximum absolute atomic E-state index is 14.8. The van der Waals surface area contributed by atoms with Gasteiger partial charge in [-0.3, -0.25) is 29.6 Å². The zero-order valence-electron chi connectivity index (χ0n) is 31.6. The fourth-order valence-corrected chi connectivity index (χ4v) is 7.05. The number of hydrogen-bond donors (Lipinski definition) is 5. The number of para-hydroxylation sites is 2. The van der Waals surface area contributed by atoms with E-state index in [1.165, 1.54) is 35.3 Å². The van der Waals surface area contributed by atoms with E-state index in [0.29, 0.717) is 29.8 Å². The maximum Gasteiger partial charge on any atom is 0.418 e. The Balaban J connectivity index is 1.50. The molecule has 1 heterocycles. The maximum atomic E-state index is 14.8. The molecule has 5 rings (SSSR count). The summed E-state index contributed by atoms with van der Waals surface area (Å²) in [4.78, 5) is 59.1. The predicted octanol–water partition coefficient (Wildman–Crippen LogP) is 6.14. The molecule has 3 aromatic carbocycles. The van der Waals surface area contributed by atoms with Gasteiger partial charge in [0, 0.05) is 24.5 Å². The normalized spacial score (nSPS) is 17.6. The first-order valence-electron chi connectivity index (χ1n) is 18.5. The van der Waals surface area contributed by atoms with E-state index < -0.39 is 64.7 Å². The van der Waals surface area contributed by atoms with Crippen molar-refractivity contribution in [2.24, 2.45) is 11.8 Å². The number of aryl methyl sites for hydroxylation is 1. The molecule has 14 heteroatoms. The van der Waals surface area contributed by atoms with E-state index >= 15 is 0 Å². The number of rotatable bonds is 14. The summed E-state index contributed by atoms with van der Waals surface area (Å²) in [6, 6.07) is 16.5. The van der Waals surface area contributed by atoms with Crippen molar-refractivity contribution in [1.29, 1.82) is 0 Å². The largest absolute Gasteiger partial charge is 0.418 e. The lowest BCUT2D eigenvalue weighted by molar-refractivity contribution is -0.139. The van der Waals surface area contributed by atoms with Crippen molar-refractivity contribution >= 4 is 40.2 Å². The second-order valence-electron chi connectivity index (χ2n) is 14.5. The highest BCUT2D eigenvalue weighted by Gasteiger charge is 2.47. The number of amides is 4. The number of anilines is 1. The minimum atomic E-state index is -4.65. The summed E-state index contributed by atoms with van der Waals surface area (Å²) < 4.78 is 56.7. The van der Waals surface area contributed by atoms with Crippen LogP contribution in [0, 0.1) is 17.7 Å². The zero-order valence-corrected chi connectivity index (χ0v) is 31.6. The third-order valence-electron chi connectivity index (χ3n) is 10.7. The summed E-state index contributed by atoms with van der Waals surface area (Å²) in [6.45, 7) is 7.26. The van der Waals surface area contributed by atoms with Crippen molar-refractivity contribution < 1.29 is 36.7 Å². The highest BCUT2D eigenvalue weighted by Crippen LogP contribution is 2.40. The molecule has 55 heavy (non-hydrogen) atoms. The summed E-state index contributed by atoms with van der Waals surface area (Å²) in [7, 11) is 1.66. The van der Waals surface area contributed by atoms with Gasteiger partial charge in [-0.15, -0.1) is 0 Å². The van der Waals surface area contributed by atoms with Crippen molar-refractivity contribution in [3.05, 3.63) is 101 Å². The van der Waals surface area contributed by atoms with Crippen LogP contribution in [0.1, 0.15) is 69.3 Å². The number of H-pyrrole nitrogens is 1. The lowest BCUT2D eigenvalue weighted by Gasteiger charge is -2.40. The van der Waals surface area contributed by atoms with Crippen LogP contribution in [0.25, 0.3) is 10.9 Å². The first-order chi connectivity index (χ1) is 26.1. The van der Waals surface area contributed by atoms with Crippen LogP contribution in [0.3, 0.4) is 0 Å². The lowest BCUT2D eigenvalue weighted by atomic mass is 9.78. The summed E-state index contributed by atoms with van der Waals surface area (Å²) in [5.74, 6) is -3.88. The number of aromatic amines is 1. The van der Waals surface area contributed by atoms with Gasteiger partial charge < -0.3 is 20.9 Å². The number of benzene rings is 3. The van der Waals surface area contributed by atoms with Gasteiger partial charge in [0.05, 0.1) is 23.2 Å². The van der Waals surface area contributed by atoms with Gasteiger partial charge in [0.1, 0.15) is 23.4 Å². The number of hydrogen-bond acceptors (Lipinski definition) is 5. The van der Waals surface area contributed by atoms with Gasteiger partial charge in [0.2, 0.25) is 17.7 Å². The number of halogens is 4. The molecule has 1 aliphatic rings. The Morgan fingerprint density at radius 3 is 2.13 bits per heavy atom. The van der Waals surface area contributed by atoms with E-state index in [4.69, 9.17) is 0 Å². The van der Waals surface area contributed by atoms with E-state index in [1.54, 1.807) is 39.1 Å². The molecule has 4 amide bonds. The summed E-state index contributed by atoms with van der Waals surface area (Å²) in [5, 5.41) is 10.3. The third kappa shape index (κ3) is 9.12. The Morgan fingerprint density at radius 1 is 0.855 bits per heavy atom. The molecule has 0 saturated heterocycles. The second kappa shape index (κ2) is 17.0. The molecule has 1 aromatic heterocycles. The molecule has 0 radical (unpaired) electrons. The first kappa shape index (κ1) is 40.8. The molecule has 0 bridgehead atoms. The fraction of sp³-hybridized carbons (Fsp3) is 0.415. The van der Waals surface area contributed by atoms with Crippen LogP contribution in [-0.4, -0.2) is 53.3 Å². The smallest absolute Gasteiger partial charge is 0.358 e. The van der Waals surface area contributed by atoms with E-state index in [2.05, 4.69) is 26.4 Å². The fourth-order valence-electron chi connectivity index (χ4n) is 7.05. The Kier molecular flexibility index (Phi) is 12.6. The summed E-state index contributed by atoms with van der Waals surface area (Å²) in [6.07, 6.45) is -4.15. The SMILES string of the molecule is CCC(C)[C@H](NC(=O)Cc1ccccc1F)C(=O)N[C@]1(C(=O)N[C@H](C(=O)NN(C)c2ccccc2)C(C)CC)CCc2[nH]c3c(C(F)(F)F)cccc3c2C1. The van der Waals surface area contributed by atoms with Gasteiger partial charge in [-0.2, -0.15) is 13.2 Å². The Hall–Kier alpha value is -5.40. The van der Waals surface area contributed by atoms with Crippen LogP contribution in [0.15, 0.2) is 72.8 Å². The number of nitrogens with zero attached hydrogens (tertiary/aromatic N) is 1. The number of aromatic nitrogens is 1. The molecular weight excluding hydrogens is 716 g/mol. The number of hydrazine groups is 1. The molecule has 294 valence electrons. The highest BCUT2D eigenvalue weighted by atomic mass is 19.4. The number of fused-ring (bicyclic) bond motifs is 3. The van der Waals surface area contributed by atoms with Gasteiger partial charge in [-0.1, -0.05) is 89.1 Å². The minimum absolute atomic E-state index is 0.0269. The van der Waals surface area contributed by atoms with Gasteiger partial charge in [0.25, 0.3) is 5.91 Å². The quantitative estimate of drug-likeness (QED) is 0.0777. The monoisotopic (exact) mass is 764 g/mol. The Morgan fingerprint density at radius 2 is 1.49 bits per heavy atom. The van der Waals surface area contributed by atoms with E-state index in [-0.39, 0.29) is 48.1 Å². The molecule has 0 spiro atoms. The molecular formula is C41H48F4N6O4. The molecule has 2 unspecified atom stereocenters. The molecule has 0 aliphatic heterocycles. The Bertz CT molecular complexity index is 2020. The van der Waals surface area contributed by atoms with Gasteiger partial charge >= 0.3 is 6.18 Å². The molecule has 5 N–H and O–H groups in total. The van der Waals surface area contributed by atoms with Gasteiger partial charge in [-0.05, 0) is 60.1 Å². The number of carbonyl (C=O) groups excluding carboxylic acids is 4. The standard InChI is InChI=1S/C41H48F4N6O4/c1-6-24(3)34(47-33(52)22-26-14-11-12-19-31(26)42)37(53)49-40(21-20-32-29(23-40)28-17-13-18-30(36(28)46-32)41(43,44)45)39(55)48-35(25(4)7-2)38(54)50-51(5)27-15-9-8-10-16-27/h8-19,24-25,34-35,46H,6-7,20-23H2,1-5H3,(H,47,52)(H,48,55)(H,49,53)(H,50,54)/t24?,25?,34-,35-,40+/m0/s1. The summed E-state index contributed by atoms with van der Waals surface area (Å²) >= 11 is 0. The lowest BCUT2D eigenvalue weighted by Crippen LogP contribution is -2.67. The van der Waals surface area contributed by atoms with Crippen LogP contribution in [0.5, 0.6) is 0 Å². The molecule has 0 saturated carbocycles. The average Bonchev–Trinajstić information content (AvgIpc) is 3.53. The predicted molar refractivity (Wildman–Crippen MR) is 202 cm³/mol. The van der Waals surface area contributed by atoms with E-state index in [1.807, 2.05) is 32.0 Å². The second-order valence-corrected chi connectivity index (χ2v) is 14.5. The number of nitrogens with one attached hydrogen (secondary N) is 5. The third-order valence-corrected chi connectivity index (χ3v) is 10.7. The van der Waals surface area contributed by atoms with Crippen LogP contribution in [0.4, 0.5) is 23.2 Å². The van der Waals surface area contributed by atoms with Crippen molar-refractivity contribution in [1.82, 2.24) is 26.4 Å². The average molecular weight is 765 g/mol. The number of alkyl halides is 3. The first-order valence-corrected chi connectivity index (χ1v) is 18.5. The van der Waals surface area contributed by atoms with Gasteiger partial charge in [-0.25, -0.2) is 4.39 Å². The molecule has 0 fully saturated rings. The van der Waals surface area contributed by atoms with E-state index in [0.717, 1.165) is 6.07 Å². The van der Waals surface area contributed by atoms with Gasteiger partial charge in [0.15, 0.2) is 0 Å². The van der Waals surface area contributed by atoms with Crippen molar-refractivity contribution in [3.63, 3.8) is 0 Å². The Labute approximate surface area is 317 Å². The van der Waals surface area contributed by atoms with Crippen molar-refractivity contribution in [2.45, 2.75) is 90.0 Å². The molecule has 5 atom stereocenters. The van der Waals surface area contributed by atoms with E-state index in [9.17, 15) is 36.7 Å². The van der Waals surface area contributed by atoms with Crippen LogP contribution >= 0.6 is 0 Å². The number of carbonyl (C=O) groups is 4. The van der Waals surface area contributed by atoms with Crippen LogP contribution < -0.4 is 26.4 Å². The zero-order chi connectivity index (χ0) is 40.1. The van der Waals surface area contributed by atoms with Crippen LogP contribution in [0.2, 0.25) is 0 Å². The van der Waals surface area contributed by atoms with Crippen molar-refractivity contribution in [2.75, 3.05) is 12.1 Å². The molecule has 10 nitrogen and oxygen atoms in total. The minimum Gasteiger partial charge on any atom is -0.358 e. The molecule has 4 aromatic rings. The van der Waals surface area contributed by atoms with Crippen LogP contribution in [-0.2, 0) is 44.6 Å².